The van der Waals surface area contributed by atoms with Gasteiger partial charge in [0.05, 0.1) is 17.3 Å². The molecule has 0 aromatic heterocycles. The summed E-state index contributed by atoms with van der Waals surface area (Å²) in [7, 11) is 4.26. The third-order valence-corrected chi connectivity index (χ3v) is 16.6. The minimum atomic E-state index is -1.16. The SMILES string of the molecule is CC(C)C1C(=O)C[C@]2(C(=O)N3CCC(N(C)C)CC3)CC[C@]3(C)C(=C12)CC[C@@H]1[C@@]2(C)CC[C@H](OC(=O)CC(C)(C)C(=O)O)C(C)(C)[C@@H]2CC[C@]13C. The van der Waals surface area contributed by atoms with Crippen molar-refractivity contribution in [3.63, 3.8) is 0 Å². The standard InChI is InChI=1S/C43H68N2O6/c1-26(2)34-29(46)24-43(36(48)45-22-16-27(17-23-45)44(10)11)21-20-41(8)28(35(34)43)12-13-31-40(7)18-15-32(51-33(47)25-38(3,4)37(49)50)39(5,6)30(40)14-19-42(31,41)9/h26-27,30-32,34H,12-25H2,1-11H3,(H,49,50)/t30-,31+,32-,34?,40-,41+,42+,43+/m0/s1. The van der Waals surface area contributed by atoms with Crippen LogP contribution in [0.3, 0.4) is 0 Å². The van der Waals surface area contributed by atoms with Gasteiger partial charge in [0.15, 0.2) is 0 Å². The monoisotopic (exact) mass is 709 g/mol. The summed E-state index contributed by atoms with van der Waals surface area (Å²) in [6.45, 7) is 21.2. The Morgan fingerprint density at radius 3 is 2.16 bits per heavy atom. The maximum Gasteiger partial charge on any atom is 0.309 e. The number of fused-ring (bicyclic) bond motifs is 6. The van der Waals surface area contributed by atoms with E-state index in [0.717, 1.165) is 77.3 Å². The molecule has 51 heavy (non-hydrogen) atoms. The van der Waals surface area contributed by atoms with E-state index in [4.69, 9.17) is 4.74 Å². The normalized spacial score (nSPS) is 39.7. The summed E-state index contributed by atoms with van der Waals surface area (Å²) < 4.78 is 6.17. The first kappa shape index (κ1) is 38.5. The molecule has 1 aliphatic heterocycles. The molecule has 8 atom stereocenters. The van der Waals surface area contributed by atoms with Gasteiger partial charge in [-0.15, -0.1) is 0 Å². The summed E-state index contributed by atoms with van der Waals surface area (Å²) in [5.41, 5.74) is 0.598. The van der Waals surface area contributed by atoms with Crippen molar-refractivity contribution in [3.8, 4) is 0 Å². The zero-order valence-electron chi connectivity index (χ0n) is 33.7. The van der Waals surface area contributed by atoms with Crippen LogP contribution in [0.5, 0.6) is 0 Å². The van der Waals surface area contributed by atoms with Gasteiger partial charge in [-0.25, -0.2) is 0 Å². The van der Waals surface area contributed by atoms with E-state index < -0.39 is 22.8 Å². The number of nitrogens with zero attached hydrogens (tertiary/aromatic N) is 2. The average molecular weight is 709 g/mol. The van der Waals surface area contributed by atoms with Crippen LogP contribution in [-0.4, -0.2) is 77.9 Å². The molecule has 1 heterocycles. The van der Waals surface area contributed by atoms with E-state index in [9.17, 15) is 24.3 Å². The number of hydrogen-bond donors (Lipinski definition) is 1. The molecule has 6 aliphatic rings. The van der Waals surface area contributed by atoms with Crippen LogP contribution in [0.15, 0.2) is 11.1 Å². The van der Waals surface area contributed by atoms with Gasteiger partial charge in [0, 0.05) is 36.9 Å². The molecule has 6 rings (SSSR count). The Morgan fingerprint density at radius 1 is 0.922 bits per heavy atom. The fourth-order valence-corrected chi connectivity index (χ4v) is 13.5. The molecule has 0 aromatic rings. The molecule has 0 aromatic carbocycles. The predicted molar refractivity (Wildman–Crippen MR) is 199 cm³/mol. The molecule has 0 bridgehead atoms. The van der Waals surface area contributed by atoms with E-state index in [2.05, 4.69) is 72.4 Å². The van der Waals surface area contributed by atoms with Crippen molar-refractivity contribution < 1.29 is 29.0 Å². The van der Waals surface area contributed by atoms with Crippen molar-refractivity contribution >= 4 is 23.6 Å². The Morgan fingerprint density at radius 2 is 1.57 bits per heavy atom. The molecule has 8 nitrogen and oxygen atoms in total. The minimum Gasteiger partial charge on any atom is -0.481 e. The highest BCUT2D eigenvalue weighted by atomic mass is 16.5. The summed E-state index contributed by atoms with van der Waals surface area (Å²) in [6, 6.07) is 0.496. The second kappa shape index (κ2) is 12.7. The highest BCUT2D eigenvalue weighted by Crippen LogP contribution is 2.76. The van der Waals surface area contributed by atoms with Crippen molar-refractivity contribution in [1.29, 1.82) is 0 Å². The van der Waals surface area contributed by atoms with Gasteiger partial charge in [0.25, 0.3) is 0 Å². The van der Waals surface area contributed by atoms with E-state index in [0.29, 0.717) is 24.3 Å². The van der Waals surface area contributed by atoms with E-state index >= 15 is 0 Å². The molecule has 1 unspecified atom stereocenters. The van der Waals surface area contributed by atoms with Gasteiger partial charge in [0.1, 0.15) is 11.9 Å². The number of carbonyl (C=O) groups is 4. The number of amides is 1. The lowest BCUT2D eigenvalue weighted by molar-refractivity contribution is -0.214. The van der Waals surface area contributed by atoms with E-state index in [1.807, 2.05) is 0 Å². The van der Waals surface area contributed by atoms with Crippen LogP contribution in [-0.2, 0) is 23.9 Å². The minimum absolute atomic E-state index is 0.0242. The lowest BCUT2D eigenvalue weighted by Crippen LogP contribution is -2.64. The number of aliphatic carboxylic acids is 1. The number of hydrogen-bond acceptors (Lipinski definition) is 6. The van der Waals surface area contributed by atoms with Gasteiger partial charge in [-0.2, -0.15) is 0 Å². The summed E-state index contributed by atoms with van der Waals surface area (Å²) in [5, 5.41) is 9.61. The number of carbonyl (C=O) groups excluding carboxylic acids is 3. The summed E-state index contributed by atoms with van der Waals surface area (Å²) >= 11 is 0. The van der Waals surface area contributed by atoms with Gasteiger partial charge >= 0.3 is 11.9 Å². The molecule has 5 fully saturated rings. The zero-order chi connectivity index (χ0) is 37.7. The molecule has 286 valence electrons. The third kappa shape index (κ3) is 5.68. The molecule has 0 radical (unpaired) electrons. The molecule has 4 saturated carbocycles. The molecular weight excluding hydrogens is 640 g/mol. The number of esters is 1. The number of carboxylic acid groups (broad SMARTS) is 1. The molecule has 1 amide bonds. The number of likely N-dealkylation sites (tertiary alicyclic amines) is 1. The Kier molecular flexibility index (Phi) is 9.58. The first-order valence-corrected chi connectivity index (χ1v) is 20.2. The number of ketones is 1. The van der Waals surface area contributed by atoms with Crippen molar-refractivity contribution in [2.75, 3.05) is 27.2 Å². The fourth-order valence-electron chi connectivity index (χ4n) is 13.5. The second-order valence-electron chi connectivity index (χ2n) is 20.5. The third-order valence-electron chi connectivity index (χ3n) is 16.6. The molecule has 8 heteroatoms. The Bertz CT molecular complexity index is 1490. The summed E-state index contributed by atoms with van der Waals surface area (Å²) in [5.74, 6) is -0.0759. The molecule has 0 spiro atoms. The van der Waals surface area contributed by atoms with Crippen molar-refractivity contribution in [2.24, 2.45) is 56.2 Å². The quantitative estimate of drug-likeness (QED) is 0.212. The zero-order valence-corrected chi connectivity index (χ0v) is 33.7. The maximum absolute atomic E-state index is 14.9. The maximum atomic E-state index is 14.9. The summed E-state index contributed by atoms with van der Waals surface area (Å²) in [4.78, 5) is 58.2. The first-order chi connectivity index (χ1) is 23.6. The molecule has 5 aliphatic carbocycles. The van der Waals surface area contributed by atoms with E-state index in [1.165, 1.54) is 11.1 Å². The van der Waals surface area contributed by atoms with Crippen LogP contribution >= 0.6 is 0 Å². The van der Waals surface area contributed by atoms with Crippen LogP contribution in [0.25, 0.3) is 0 Å². The molecule has 1 N–H and O–H groups in total. The van der Waals surface area contributed by atoms with E-state index in [1.54, 1.807) is 13.8 Å². The van der Waals surface area contributed by atoms with Crippen LogP contribution in [0, 0.1) is 56.2 Å². The van der Waals surface area contributed by atoms with Gasteiger partial charge < -0.3 is 19.6 Å². The lowest BCUT2D eigenvalue weighted by Gasteiger charge is -2.70. The largest absolute Gasteiger partial charge is 0.481 e. The number of ether oxygens (including phenoxy) is 1. The predicted octanol–water partition coefficient (Wildman–Crippen LogP) is 7.93. The summed E-state index contributed by atoms with van der Waals surface area (Å²) in [6.07, 6.45) is 9.55. The van der Waals surface area contributed by atoms with Crippen LogP contribution in [0.1, 0.15) is 139 Å². The first-order valence-electron chi connectivity index (χ1n) is 20.2. The smallest absolute Gasteiger partial charge is 0.309 e. The van der Waals surface area contributed by atoms with Crippen LogP contribution < -0.4 is 0 Å². The van der Waals surface area contributed by atoms with Crippen LogP contribution in [0.2, 0.25) is 0 Å². The number of Topliss-reactive ketones (excluding diaryl/α,β-unsaturated/α-hetero) is 1. The van der Waals surface area contributed by atoms with Gasteiger partial charge in [-0.3, -0.25) is 19.2 Å². The topological polar surface area (TPSA) is 104 Å². The van der Waals surface area contributed by atoms with Gasteiger partial charge in [-0.1, -0.05) is 54.0 Å². The lowest BCUT2D eigenvalue weighted by atomic mass is 9.34. The Balaban J connectivity index is 1.32. The Hall–Kier alpha value is -2.22. The van der Waals surface area contributed by atoms with Crippen molar-refractivity contribution in [1.82, 2.24) is 9.80 Å². The van der Waals surface area contributed by atoms with Gasteiger partial charge in [0.2, 0.25) is 5.91 Å². The molecular formula is C43H68N2O6. The highest BCUT2D eigenvalue weighted by molar-refractivity contribution is 6.00. The van der Waals surface area contributed by atoms with Gasteiger partial charge in [-0.05, 0) is 132 Å². The number of carboxylic acids is 1. The van der Waals surface area contributed by atoms with E-state index in [-0.39, 0.29) is 57.7 Å². The van der Waals surface area contributed by atoms with Crippen LogP contribution in [0.4, 0.5) is 0 Å². The Labute approximate surface area is 307 Å². The number of allylic oxidation sites excluding steroid dienone is 1. The fraction of sp³-hybridized carbons (Fsp3) is 0.860. The van der Waals surface area contributed by atoms with Crippen molar-refractivity contribution in [2.45, 2.75) is 152 Å². The molecule has 1 saturated heterocycles. The number of rotatable bonds is 7. The average Bonchev–Trinajstić information content (AvgIpc) is 3.35. The second-order valence-corrected chi connectivity index (χ2v) is 20.5. The van der Waals surface area contributed by atoms with Crippen molar-refractivity contribution in [3.05, 3.63) is 11.1 Å². The highest BCUT2D eigenvalue weighted by Gasteiger charge is 2.70. The number of piperidine rings is 1.